The van der Waals surface area contributed by atoms with Crippen molar-refractivity contribution in [2.24, 2.45) is 0 Å². The molecule has 0 radical (unpaired) electrons. The molecule has 0 bridgehead atoms. The van der Waals surface area contributed by atoms with E-state index in [1.807, 2.05) is 0 Å². The number of anilines is 1. The predicted molar refractivity (Wildman–Crippen MR) is 78.6 cm³/mol. The Balaban J connectivity index is 2.02. The molecule has 2 N–H and O–H groups in total. The molecule has 2 rings (SSSR count). The molecule has 0 aliphatic rings. The normalized spacial score (nSPS) is 11.5. The molecular weight excluding hydrogens is 312 g/mol. The summed E-state index contributed by atoms with van der Waals surface area (Å²) in [7, 11) is 0. The van der Waals surface area contributed by atoms with Crippen LogP contribution in [0, 0.1) is 5.82 Å². The first-order valence-electron chi connectivity index (χ1n) is 6.53. The van der Waals surface area contributed by atoms with Crippen LogP contribution < -0.4 is 10.9 Å². The van der Waals surface area contributed by atoms with Crippen LogP contribution in [-0.2, 0) is 11.0 Å². The molecule has 2 aromatic carbocycles. The minimum absolute atomic E-state index is 0.193. The van der Waals surface area contributed by atoms with Crippen molar-refractivity contribution < 1.29 is 22.4 Å². The maximum absolute atomic E-state index is 13.4. The van der Waals surface area contributed by atoms with Crippen LogP contribution >= 0.6 is 0 Å². The van der Waals surface area contributed by atoms with E-state index in [9.17, 15) is 22.4 Å². The summed E-state index contributed by atoms with van der Waals surface area (Å²) in [5, 5.41) is 0. The fourth-order valence-corrected chi connectivity index (χ4v) is 1.79. The van der Waals surface area contributed by atoms with E-state index in [1.54, 1.807) is 6.07 Å². The number of halogens is 4. The zero-order valence-electron chi connectivity index (χ0n) is 11.7. The lowest BCUT2D eigenvalue weighted by molar-refractivity contribution is -0.137. The van der Waals surface area contributed by atoms with E-state index < -0.39 is 23.5 Å². The first kappa shape index (κ1) is 16.5. The van der Waals surface area contributed by atoms with E-state index in [1.165, 1.54) is 42.5 Å². The highest BCUT2D eigenvalue weighted by Crippen LogP contribution is 2.34. The molecule has 0 aliphatic carbocycles. The highest BCUT2D eigenvalue weighted by molar-refractivity contribution is 5.92. The van der Waals surface area contributed by atoms with Gasteiger partial charge in [0.25, 0.3) is 5.91 Å². The van der Waals surface area contributed by atoms with E-state index in [0.717, 1.165) is 12.1 Å². The van der Waals surface area contributed by atoms with Crippen LogP contribution in [0.1, 0.15) is 11.1 Å². The molecule has 0 atom stereocenters. The van der Waals surface area contributed by atoms with Gasteiger partial charge in [0.1, 0.15) is 5.82 Å². The molecule has 0 aromatic heterocycles. The number of amides is 1. The van der Waals surface area contributed by atoms with E-state index in [2.05, 4.69) is 10.9 Å². The molecular formula is C16H12F4N2O. The lowest BCUT2D eigenvalue weighted by Gasteiger charge is -2.14. The van der Waals surface area contributed by atoms with Crippen molar-refractivity contribution in [3.63, 3.8) is 0 Å². The average Bonchev–Trinajstić information content (AvgIpc) is 2.51. The Hall–Kier alpha value is -2.83. The molecule has 0 saturated carbocycles. The van der Waals surface area contributed by atoms with Gasteiger partial charge in [0.15, 0.2) is 0 Å². The first-order chi connectivity index (χ1) is 10.9. The van der Waals surface area contributed by atoms with Crippen molar-refractivity contribution in [3.05, 3.63) is 71.6 Å². The molecule has 3 nitrogen and oxygen atoms in total. The molecule has 23 heavy (non-hydrogen) atoms. The van der Waals surface area contributed by atoms with E-state index >= 15 is 0 Å². The monoisotopic (exact) mass is 324 g/mol. The van der Waals surface area contributed by atoms with E-state index in [-0.39, 0.29) is 11.3 Å². The number of carbonyl (C=O) groups is 1. The summed E-state index contributed by atoms with van der Waals surface area (Å²) < 4.78 is 51.7. The molecule has 0 saturated heterocycles. The Morgan fingerprint density at radius 2 is 1.65 bits per heavy atom. The van der Waals surface area contributed by atoms with Gasteiger partial charge in [0, 0.05) is 11.6 Å². The molecule has 2 aromatic rings. The van der Waals surface area contributed by atoms with Gasteiger partial charge in [-0.1, -0.05) is 30.3 Å². The van der Waals surface area contributed by atoms with Crippen molar-refractivity contribution in [3.8, 4) is 0 Å². The van der Waals surface area contributed by atoms with Crippen LogP contribution in [0.3, 0.4) is 0 Å². The number of benzene rings is 2. The van der Waals surface area contributed by atoms with Gasteiger partial charge >= 0.3 is 6.18 Å². The predicted octanol–water partition coefficient (Wildman–Crippen LogP) is 4.00. The summed E-state index contributed by atoms with van der Waals surface area (Å²) in [6.07, 6.45) is -2.30. The van der Waals surface area contributed by atoms with E-state index in [4.69, 9.17) is 0 Å². The molecule has 1 amide bonds. The number of hydrogen-bond acceptors (Lipinski definition) is 2. The fourth-order valence-electron chi connectivity index (χ4n) is 1.79. The van der Waals surface area contributed by atoms with Gasteiger partial charge < -0.3 is 0 Å². The molecule has 7 heteroatoms. The number of rotatable bonds is 4. The SMILES string of the molecule is O=C(C=Cc1ccccc1F)NNc1ccccc1C(F)(F)F. The largest absolute Gasteiger partial charge is 0.418 e. The minimum atomic E-state index is -4.54. The second-order valence-electron chi connectivity index (χ2n) is 4.51. The molecule has 0 unspecified atom stereocenters. The number of para-hydroxylation sites is 1. The Morgan fingerprint density at radius 3 is 2.35 bits per heavy atom. The van der Waals surface area contributed by atoms with Crippen molar-refractivity contribution >= 4 is 17.7 Å². The lowest BCUT2D eigenvalue weighted by atomic mass is 10.2. The van der Waals surface area contributed by atoms with E-state index in [0.29, 0.717) is 0 Å². The van der Waals surface area contributed by atoms with Crippen LogP contribution in [0.4, 0.5) is 23.2 Å². The van der Waals surface area contributed by atoms with Crippen LogP contribution in [0.5, 0.6) is 0 Å². The standard InChI is InChI=1S/C16H12F4N2O/c17-13-7-3-1-5-11(13)9-10-15(23)22-21-14-8-4-2-6-12(14)16(18,19)20/h1-10,21H,(H,22,23). The van der Waals surface area contributed by atoms with Gasteiger partial charge in [0.2, 0.25) is 0 Å². The van der Waals surface area contributed by atoms with Crippen molar-refractivity contribution in [1.29, 1.82) is 0 Å². The van der Waals surface area contributed by atoms with Crippen LogP contribution in [0.2, 0.25) is 0 Å². The van der Waals surface area contributed by atoms with Gasteiger partial charge in [0.05, 0.1) is 11.3 Å². The Kier molecular flexibility index (Phi) is 5.00. The maximum atomic E-state index is 13.4. The van der Waals surface area contributed by atoms with Crippen molar-refractivity contribution in [2.75, 3.05) is 5.43 Å². The second-order valence-corrected chi connectivity index (χ2v) is 4.51. The molecule has 120 valence electrons. The fraction of sp³-hybridized carbons (Fsp3) is 0.0625. The smallest absolute Gasteiger partial charge is 0.298 e. The topological polar surface area (TPSA) is 41.1 Å². The quantitative estimate of drug-likeness (QED) is 0.507. The van der Waals surface area contributed by atoms with Crippen molar-refractivity contribution in [2.45, 2.75) is 6.18 Å². The van der Waals surface area contributed by atoms with Gasteiger partial charge in [-0.15, -0.1) is 0 Å². The number of nitrogens with one attached hydrogen (secondary N) is 2. The molecule has 0 spiro atoms. The lowest BCUT2D eigenvalue weighted by Crippen LogP contribution is -2.28. The zero-order valence-corrected chi connectivity index (χ0v) is 11.7. The second kappa shape index (κ2) is 6.95. The summed E-state index contributed by atoms with van der Waals surface area (Å²) in [5.74, 6) is -1.22. The summed E-state index contributed by atoms with van der Waals surface area (Å²) in [4.78, 5) is 11.6. The zero-order chi connectivity index (χ0) is 16.9. The van der Waals surface area contributed by atoms with Gasteiger partial charge in [-0.2, -0.15) is 13.2 Å². The molecule has 0 aliphatic heterocycles. The number of hydrogen-bond donors (Lipinski definition) is 2. The number of alkyl halides is 3. The van der Waals surface area contributed by atoms with Crippen LogP contribution in [0.15, 0.2) is 54.6 Å². The Bertz CT molecular complexity index is 726. The summed E-state index contributed by atoms with van der Waals surface area (Å²) in [6, 6.07) is 10.5. The third-order valence-corrected chi connectivity index (χ3v) is 2.87. The highest BCUT2D eigenvalue weighted by Gasteiger charge is 2.33. The first-order valence-corrected chi connectivity index (χ1v) is 6.53. The summed E-state index contributed by atoms with van der Waals surface area (Å²) in [5.41, 5.74) is 3.31. The van der Waals surface area contributed by atoms with Gasteiger partial charge in [-0.3, -0.25) is 15.6 Å². The van der Waals surface area contributed by atoms with Gasteiger partial charge in [-0.25, -0.2) is 4.39 Å². The summed E-state index contributed by atoms with van der Waals surface area (Å²) in [6.45, 7) is 0. The van der Waals surface area contributed by atoms with Gasteiger partial charge in [-0.05, 0) is 24.3 Å². The van der Waals surface area contributed by atoms with Crippen LogP contribution in [-0.4, -0.2) is 5.91 Å². The molecule has 0 fully saturated rings. The summed E-state index contributed by atoms with van der Waals surface area (Å²) >= 11 is 0. The van der Waals surface area contributed by atoms with Crippen molar-refractivity contribution in [1.82, 2.24) is 5.43 Å². The maximum Gasteiger partial charge on any atom is 0.418 e. The third kappa shape index (κ3) is 4.57. The highest BCUT2D eigenvalue weighted by atomic mass is 19.4. The number of carbonyl (C=O) groups excluding carboxylic acids is 1. The minimum Gasteiger partial charge on any atom is -0.298 e. The van der Waals surface area contributed by atoms with Crippen LogP contribution in [0.25, 0.3) is 6.08 Å². The average molecular weight is 324 g/mol. The Labute approximate surface area is 129 Å². The Morgan fingerprint density at radius 1 is 1.00 bits per heavy atom. The third-order valence-electron chi connectivity index (χ3n) is 2.87. The molecule has 0 heterocycles. The number of hydrazine groups is 1.